The Balaban J connectivity index is 1.52. The number of ether oxygens (including phenoxy) is 3. The van der Waals surface area contributed by atoms with Crippen molar-refractivity contribution in [3.8, 4) is 22.9 Å². The first-order valence-corrected chi connectivity index (χ1v) is 11.9. The number of hydrogen-bond donors (Lipinski definition) is 1. The lowest BCUT2D eigenvalue weighted by atomic mass is 10.1. The van der Waals surface area contributed by atoms with Crippen LogP contribution in [0, 0.1) is 0 Å². The van der Waals surface area contributed by atoms with E-state index in [0.717, 1.165) is 41.2 Å². The van der Waals surface area contributed by atoms with Gasteiger partial charge in [0.05, 0.1) is 44.8 Å². The molecule has 1 N–H and O–H groups in total. The van der Waals surface area contributed by atoms with Crippen LogP contribution in [0.15, 0.2) is 30.9 Å². The number of rotatable bonds is 8. The van der Waals surface area contributed by atoms with E-state index in [-0.39, 0.29) is 6.04 Å². The molecule has 1 aromatic carbocycles. The SMILES string of the molecule is COc1cc(-n2cnc(Nc3nc(C4CCCC4)nc4c3cnn4C(C)C)c2)cc(OC)c1OC. The normalized spacial score (nSPS) is 14.1. The third-order valence-corrected chi connectivity index (χ3v) is 6.46. The molecule has 1 aliphatic rings. The van der Waals surface area contributed by atoms with Crippen molar-refractivity contribution in [1.82, 2.24) is 29.3 Å². The standard InChI is InChI=1S/C25H31N7O3/c1-15(2)32-25-18(12-27-32)24(29-23(30-25)16-8-6-7-9-16)28-21-13-31(14-26-21)17-10-19(33-3)22(35-5)20(11-17)34-4/h10-16H,6-9H2,1-5H3,(H,28,29,30). The van der Waals surface area contributed by atoms with Crippen LogP contribution in [0.3, 0.4) is 0 Å². The van der Waals surface area contributed by atoms with Gasteiger partial charge in [0.2, 0.25) is 5.75 Å². The van der Waals surface area contributed by atoms with Crippen LogP contribution in [0.1, 0.15) is 57.3 Å². The quantitative estimate of drug-likeness (QED) is 0.377. The average molecular weight is 478 g/mol. The Hall–Kier alpha value is -3.82. The van der Waals surface area contributed by atoms with Crippen molar-refractivity contribution < 1.29 is 14.2 Å². The predicted octanol–water partition coefficient (Wildman–Crippen LogP) is 5.02. The van der Waals surface area contributed by atoms with Crippen LogP contribution in [0.25, 0.3) is 16.7 Å². The number of imidazole rings is 1. The minimum absolute atomic E-state index is 0.200. The Morgan fingerprint density at radius 2 is 1.71 bits per heavy atom. The maximum absolute atomic E-state index is 5.49. The molecule has 0 saturated heterocycles. The van der Waals surface area contributed by atoms with Crippen molar-refractivity contribution in [1.29, 1.82) is 0 Å². The molecule has 3 heterocycles. The molecule has 0 unspecified atom stereocenters. The van der Waals surface area contributed by atoms with E-state index in [1.54, 1.807) is 27.7 Å². The van der Waals surface area contributed by atoms with E-state index in [0.29, 0.717) is 29.0 Å². The molecule has 0 spiro atoms. The minimum Gasteiger partial charge on any atom is -0.493 e. The number of nitrogens with one attached hydrogen (secondary N) is 1. The second kappa shape index (κ2) is 9.44. The van der Waals surface area contributed by atoms with Gasteiger partial charge < -0.3 is 24.1 Å². The van der Waals surface area contributed by atoms with E-state index in [2.05, 4.69) is 29.2 Å². The summed E-state index contributed by atoms with van der Waals surface area (Å²) < 4.78 is 20.3. The van der Waals surface area contributed by atoms with Crippen LogP contribution in [-0.4, -0.2) is 50.6 Å². The van der Waals surface area contributed by atoms with Gasteiger partial charge in [-0.15, -0.1) is 0 Å². The van der Waals surface area contributed by atoms with E-state index in [4.69, 9.17) is 24.2 Å². The zero-order chi connectivity index (χ0) is 24.5. The van der Waals surface area contributed by atoms with E-state index in [9.17, 15) is 0 Å². The van der Waals surface area contributed by atoms with Crippen LogP contribution in [0.5, 0.6) is 17.2 Å². The number of fused-ring (bicyclic) bond motifs is 1. The fraction of sp³-hybridized carbons (Fsp3) is 0.440. The summed E-state index contributed by atoms with van der Waals surface area (Å²) in [6.45, 7) is 4.21. The molecule has 1 saturated carbocycles. The van der Waals surface area contributed by atoms with Crippen molar-refractivity contribution >= 4 is 22.7 Å². The lowest BCUT2D eigenvalue weighted by Crippen LogP contribution is -2.08. The highest BCUT2D eigenvalue weighted by Gasteiger charge is 2.23. The largest absolute Gasteiger partial charge is 0.493 e. The first-order chi connectivity index (χ1) is 17.0. The fourth-order valence-corrected chi connectivity index (χ4v) is 4.65. The predicted molar refractivity (Wildman–Crippen MR) is 133 cm³/mol. The molecule has 0 radical (unpaired) electrons. The Bertz CT molecular complexity index is 1310. The number of benzene rings is 1. The molecule has 4 aromatic rings. The first-order valence-electron chi connectivity index (χ1n) is 11.9. The number of nitrogens with zero attached hydrogens (tertiary/aromatic N) is 6. The van der Waals surface area contributed by atoms with Crippen LogP contribution < -0.4 is 19.5 Å². The Morgan fingerprint density at radius 3 is 2.34 bits per heavy atom. The van der Waals surface area contributed by atoms with Gasteiger partial charge in [-0.05, 0) is 26.7 Å². The Morgan fingerprint density at radius 1 is 1.00 bits per heavy atom. The van der Waals surface area contributed by atoms with Gasteiger partial charge in [0.25, 0.3) is 0 Å². The summed E-state index contributed by atoms with van der Waals surface area (Å²) in [6, 6.07) is 3.95. The van der Waals surface area contributed by atoms with Crippen molar-refractivity contribution in [2.24, 2.45) is 0 Å². The maximum Gasteiger partial charge on any atom is 0.203 e. The second-order valence-electron chi connectivity index (χ2n) is 9.01. The summed E-state index contributed by atoms with van der Waals surface area (Å²) in [5.41, 5.74) is 1.68. The number of aromatic nitrogens is 6. The molecule has 0 amide bonds. The minimum atomic E-state index is 0.200. The van der Waals surface area contributed by atoms with E-state index >= 15 is 0 Å². The van der Waals surface area contributed by atoms with Gasteiger partial charge in [-0.2, -0.15) is 5.10 Å². The monoisotopic (exact) mass is 477 g/mol. The zero-order valence-electron chi connectivity index (χ0n) is 20.8. The van der Waals surface area contributed by atoms with Crippen molar-refractivity contribution in [3.05, 3.63) is 36.7 Å². The zero-order valence-corrected chi connectivity index (χ0v) is 20.8. The summed E-state index contributed by atoms with van der Waals surface area (Å²) in [4.78, 5) is 14.4. The molecule has 0 atom stereocenters. The highest BCUT2D eigenvalue weighted by Crippen LogP contribution is 2.39. The van der Waals surface area contributed by atoms with Gasteiger partial charge in [0.1, 0.15) is 23.8 Å². The van der Waals surface area contributed by atoms with E-state index in [1.807, 2.05) is 33.8 Å². The molecule has 0 aliphatic heterocycles. The van der Waals surface area contributed by atoms with Crippen LogP contribution in [-0.2, 0) is 0 Å². The molecule has 35 heavy (non-hydrogen) atoms. The average Bonchev–Trinajstić information content (AvgIpc) is 3.63. The fourth-order valence-electron chi connectivity index (χ4n) is 4.65. The first kappa shape index (κ1) is 22.9. The van der Waals surface area contributed by atoms with Crippen LogP contribution in [0.2, 0.25) is 0 Å². The molecular weight excluding hydrogens is 446 g/mol. The maximum atomic E-state index is 5.49. The van der Waals surface area contributed by atoms with Gasteiger partial charge in [0.15, 0.2) is 17.1 Å². The number of hydrogen-bond acceptors (Lipinski definition) is 8. The summed E-state index contributed by atoms with van der Waals surface area (Å²) in [7, 11) is 4.78. The third kappa shape index (κ3) is 4.24. The smallest absolute Gasteiger partial charge is 0.203 e. The Labute approximate surface area is 204 Å². The molecule has 1 fully saturated rings. The van der Waals surface area contributed by atoms with Crippen LogP contribution in [0.4, 0.5) is 11.6 Å². The van der Waals surface area contributed by atoms with Gasteiger partial charge >= 0.3 is 0 Å². The molecule has 3 aromatic heterocycles. The lowest BCUT2D eigenvalue weighted by Gasteiger charge is -2.14. The third-order valence-electron chi connectivity index (χ3n) is 6.46. The van der Waals surface area contributed by atoms with Gasteiger partial charge in [-0.25, -0.2) is 19.6 Å². The van der Waals surface area contributed by atoms with Gasteiger partial charge in [-0.3, -0.25) is 0 Å². The van der Waals surface area contributed by atoms with E-state index in [1.165, 1.54) is 12.8 Å². The van der Waals surface area contributed by atoms with Gasteiger partial charge in [0, 0.05) is 24.1 Å². The van der Waals surface area contributed by atoms with Gasteiger partial charge in [-0.1, -0.05) is 12.8 Å². The topological polar surface area (TPSA) is 101 Å². The highest BCUT2D eigenvalue weighted by molar-refractivity contribution is 5.88. The summed E-state index contributed by atoms with van der Waals surface area (Å²) in [5.74, 6) is 4.33. The number of methoxy groups -OCH3 is 3. The molecule has 1 aliphatic carbocycles. The molecule has 0 bridgehead atoms. The molecular formula is C25H31N7O3. The lowest BCUT2D eigenvalue weighted by molar-refractivity contribution is 0.324. The molecule has 5 rings (SSSR count). The van der Waals surface area contributed by atoms with Crippen LogP contribution >= 0.6 is 0 Å². The Kier molecular flexibility index (Phi) is 6.19. The molecule has 10 nitrogen and oxygen atoms in total. The second-order valence-corrected chi connectivity index (χ2v) is 9.01. The van der Waals surface area contributed by atoms with Crippen molar-refractivity contribution in [3.63, 3.8) is 0 Å². The molecule has 184 valence electrons. The van der Waals surface area contributed by atoms with E-state index < -0.39 is 0 Å². The molecule has 10 heteroatoms. The summed E-state index contributed by atoms with van der Waals surface area (Å²) >= 11 is 0. The van der Waals surface area contributed by atoms with Crippen molar-refractivity contribution in [2.75, 3.05) is 26.6 Å². The van der Waals surface area contributed by atoms with Crippen molar-refractivity contribution in [2.45, 2.75) is 51.5 Å². The number of anilines is 2. The highest BCUT2D eigenvalue weighted by atomic mass is 16.5. The summed E-state index contributed by atoms with van der Waals surface area (Å²) in [6.07, 6.45) is 10.1. The summed E-state index contributed by atoms with van der Waals surface area (Å²) in [5, 5.41) is 8.87.